The largest absolute Gasteiger partial charge is 0.387 e. The van der Waals surface area contributed by atoms with E-state index in [1.165, 1.54) is 12.8 Å². The smallest absolute Gasteiger partial charge is 0.169 e. The Morgan fingerprint density at radius 2 is 1.41 bits per heavy atom. The molecule has 5 rings (SSSR count). The van der Waals surface area contributed by atoms with Gasteiger partial charge in [-0.05, 0) is 25.7 Å². The maximum absolute atomic E-state index is 10.8. The van der Waals surface area contributed by atoms with Gasteiger partial charge in [0, 0.05) is 25.7 Å². The molecule has 0 unspecified atom stereocenters. The summed E-state index contributed by atoms with van der Waals surface area (Å²) in [5, 5.41) is 10.8. The Balaban J connectivity index is 1.37. The van der Waals surface area contributed by atoms with E-state index in [4.69, 9.17) is 23.7 Å². The molecular formula is C21H32O6. The third-order valence-corrected chi connectivity index (χ3v) is 7.04. The van der Waals surface area contributed by atoms with Gasteiger partial charge in [-0.2, -0.15) is 0 Å². The van der Waals surface area contributed by atoms with Crippen molar-refractivity contribution in [2.45, 2.75) is 112 Å². The van der Waals surface area contributed by atoms with Gasteiger partial charge in [-0.25, -0.2) is 0 Å². The average molecular weight is 380 g/mol. The van der Waals surface area contributed by atoms with Crippen LogP contribution in [-0.2, 0) is 23.7 Å². The number of aliphatic hydroxyl groups is 1. The van der Waals surface area contributed by atoms with E-state index in [0.29, 0.717) is 6.61 Å². The molecule has 0 radical (unpaired) electrons. The van der Waals surface area contributed by atoms with Crippen LogP contribution in [-0.4, -0.2) is 59.9 Å². The van der Waals surface area contributed by atoms with Crippen LogP contribution in [0.2, 0.25) is 0 Å². The predicted molar refractivity (Wildman–Crippen MR) is 97.1 cm³/mol. The van der Waals surface area contributed by atoms with E-state index in [9.17, 15) is 5.11 Å². The van der Waals surface area contributed by atoms with Gasteiger partial charge in [0.05, 0.1) is 6.61 Å². The minimum Gasteiger partial charge on any atom is -0.387 e. The first-order chi connectivity index (χ1) is 13.1. The summed E-state index contributed by atoms with van der Waals surface area (Å²) in [5.41, 5.74) is 0. The highest BCUT2D eigenvalue weighted by Crippen LogP contribution is 2.47. The summed E-state index contributed by atoms with van der Waals surface area (Å²) in [6.45, 7) is 4.35. The fourth-order valence-electron chi connectivity index (χ4n) is 5.62. The van der Waals surface area contributed by atoms with E-state index in [-0.39, 0.29) is 18.3 Å². The molecule has 152 valence electrons. The lowest BCUT2D eigenvalue weighted by Crippen LogP contribution is -2.59. The molecular weight excluding hydrogens is 348 g/mol. The van der Waals surface area contributed by atoms with Gasteiger partial charge in [-0.1, -0.05) is 18.9 Å². The molecule has 6 atom stereocenters. The van der Waals surface area contributed by atoms with Crippen molar-refractivity contribution in [2.24, 2.45) is 0 Å². The Kier molecular flexibility index (Phi) is 4.86. The minimum atomic E-state index is -0.768. The van der Waals surface area contributed by atoms with E-state index in [1.807, 2.05) is 0 Å². The Morgan fingerprint density at radius 3 is 2.07 bits per heavy atom. The SMILES string of the molecule is C=C[C@@H]1O[C@@H]([C@H]2COC3(CCCCC3)O2)[C@H]2OC3(CCCCC3)O[C@H]2[C@H]1O. The first-order valence-electron chi connectivity index (χ1n) is 10.8. The molecule has 0 aromatic carbocycles. The molecule has 3 aliphatic heterocycles. The molecule has 1 N–H and O–H groups in total. The number of ether oxygens (including phenoxy) is 5. The second-order valence-electron chi connectivity index (χ2n) is 8.87. The number of hydrogen-bond donors (Lipinski definition) is 1. The molecule has 0 aromatic heterocycles. The Bertz CT molecular complexity index is 553. The molecule has 3 heterocycles. The van der Waals surface area contributed by atoms with Crippen LogP contribution in [0.25, 0.3) is 0 Å². The first kappa shape index (κ1) is 18.5. The lowest BCUT2D eigenvalue weighted by atomic mass is 9.92. The van der Waals surface area contributed by atoms with Crippen molar-refractivity contribution >= 4 is 0 Å². The third kappa shape index (κ3) is 3.18. The van der Waals surface area contributed by atoms with Gasteiger partial charge < -0.3 is 28.8 Å². The Morgan fingerprint density at radius 1 is 0.778 bits per heavy atom. The molecule has 6 heteroatoms. The standard InChI is InChI=1S/C21H32O6/c1-2-14-16(22)18-19(27-21(26-18)11-7-4-8-12-21)17(24-14)15-13-23-20(25-15)9-5-3-6-10-20/h2,14-19,22H,1,3-13H2/t14-,15+,16-,17-,18-,19+/m0/s1. The van der Waals surface area contributed by atoms with Crippen LogP contribution in [0.1, 0.15) is 64.2 Å². The lowest BCUT2D eigenvalue weighted by molar-refractivity contribution is -0.233. The molecule has 0 amide bonds. The van der Waals surface area contributed by atoms with Crippen molar-refractivity contribution in [1.29, 1.82) is 0 Å². The Hall–Kier alpha value is -0.500. The summed E-state index contributed by atoms with van der Waals surface area (Å²) in [6, 6.07) is 0. The van der Waals surface area contributed by atoms with Gasteiger partial charge in [-0.3, -0.25) is 0 Å². The molecule has 27 heavy (non-hydrogen) atoms. The summed E-state index contributed by atoms with van der Waals surface area (Å²) in [4.78, 5) is 0. The van der Waals surface area contributed by atoms with Crippen LogP contribution in [0.5, 0.6) is 0 Å². The molecule has 6 nitrogen and oxygen atoms in total. The summed E-state index contributed by atoms with van der Waals surface area (Å²) < 4.78 is 31.7. The normalized spacial score (nSPS) is 45.8. The quantitative estimate of drug-likeness (QED) is 0.743. The van der Waals surface area contributed by atoms with Gasteiger partial charge >= 0.3 is 0 Å². The zero-order chi connectivity index (χ0) is 18.5. The fraction of sp³-hybridized carbons (Fsp3) is 0.905. The summed E-state index contributed by atoms with van der Waals surface area (Å²) in [7, 11) is 0. The highest BCUT2D eigenvalue weighted by molar-refractivity contribution is 5.07. The van der Waals surface area contributed by atoms with E-state index in [0.717, 1.165) is 51.4 Å². The zero-order valence-corrected chi connectivity index (χ0v) is 16.0. The van der Waals surface area contributed by atoms with E-state index >= 15 is 0 Å². The van der Waals surface area contributed by atoms with Crippen molar-refractivity contribution in [3.8, 4) is 0 Å². The van der Waals surface area contributed by atoms with Gasteiger partial charge in [0.25, 0.3) is 0 Å². The molecule has 5 fully saturated rings. The van der Waals surface area contributed by atoms with Gasteiger partial charge in [0.2, 0.25) is 0 Å². The van der Waals surface area contributed by atoms with Gasteiger partial charge in [0.1, 0.15) is 36.6 Å². The minimum absolute atomic E-state index is 0.201. The maximum Gasteiger partial charge on any atom is 0.169 e. The molecule has 3 saturated heterocycles. The molecule has 5 aliphatic rings. The average Bonchev–Trinajstić information content (AvgIpc) is 3.26. The number of hydrogen-bond acceptors (Lipinski definition) is 6. The van der Waals surface area contributed by atoms with Crippen molar-refractivity contribution in [1.82, 2.24) is 0 Å². The van der Waals surface area contributed by atoms with E-state index in [2.05, 4.69) is 6.58 Å². The van der Waals surface area contributed by atoms with Crippen molar-refractivity contribution < 1.29 is 28.8 Å². The Labute approximate surface area is 161 Å². The number of aliphatic hydroxyl groups excluding tert-OH is 1. The summed E-state index contributed by atoms with van der Waals surface area (Å²) in [5.74, 6) is -1.03. The second-order valence-corrected chi connectivity index (χ2v) is 8.87. The van der Waals surface area contributed by atoms with Crippen molar-refractivity contribution in [3.63, 3.8) is 0 Å². The van der Waals surface area contributed by atoms with Crippen LogP contribution in [0.15, 0.2) is 12.7 Å². The van der Waals surface area contributed by atoms with Crippen LogP contribution < -0.4 is 0 Å². The monoisotopic (exact) mass is 380 g/mol. The van der Waals surface area contributed by atoms with Crippen LogP contribution >= 0.6 is 0 Å². The van der Waals surface area contributed by atoms with Crippen LogP contribution in [0.3, 0.4) is 0 Å². The maximum atomic E-state index is 10.8. The molecule has 0 bridgehead atoms. The molecule has 2 spiro atoms. The van der Waals surface area contributed by atoms with E-state index in [1.54, 1.807) is 6.08 Å². The predicted octanol–water partition coefficient (Wildman–Crippen LogP) is 2.82. The fourth-order valence-corrected chi connectivity index (χ4v) is 5.62. The number of fused-ring (bicyclic) bond motifs is 1. The van der Waals surface area contributed by atoms with Gasteiger partial charge in [0.15, 0.2) is 11.6 Å². The van der Waals surface area contributed by atoms with Gasteiger partial charge in [-0.15, -0.1) is 6.58 Å². The molecule has 2 aliphatic carbocycles. The lowest BCUT2D eigenvalue weighted by Gasteiger charge is -2.41. The third-order valence-electron chi connectivity index (χ3n) is 7.04. The molecule has 0 aromatic rings. The summed E-state index contributed by atoms with van der Waals surface area (Å²) >= 11 is 0. The van der Waals surface area contributed by atoms with Crippen LogP contribution in [0.4, 0.5) is 0 Å². The van der Waals surface area contributed by atoms with E-state index < -0.39 is 29.9 Å². The first-order valence-corrected chi connectivity index (χ1v) is 10.8. The van der Waals surface area contributed by atoms with Crippen molar-refractivity contribution in [3.05, 3.63) is 12.7 Å². The highest BCUT2D eigenvalue weighted by Gasteiger charge is 2.60. The second kappa shape index (κ2) is 7.08. The zero-order valence-electron chi connectivity index (χ0n) is 16.0. The highest BCUT2D eigenvalue weighted by atomic mass is 16.8. The van der Waals surface area contributed by atoms with Crippen molar-refractivity contribution in [2.75, 3.05) is 6.61 Å². The molecule has 2 saturated carbocycles. The van der Waals surface area contributed by atoms with Crippen LogP contribution in [0, 0.1) is 0 Å². The topological polar surface area (TPSA) is 66.4 Å². The number of rotatable bonds is 2. The summed E-state index contributed by atoms with van der Waals surface area (Å²) in [6.07, 6.45) is 9.73.